The normalized spacial score (nSPS) is 10.4. The van der Waals surface area contributed by atoms with Gasteiger partial charge in [0.05, 0.1) is 6.10 Å². The maximum absolute atomic E-state index is 5.44. The third-order valence-corrected chi connectivity index (χ3v) is 2.51. The molecule has 0 amide bonds. The predicted molar refractivity (Wildman–Crippen MR) is 57.5 cm³/mol. The van der Waals surface area contributed by atoms with Crippen molar-refractivity contribution in [1.29, 1.82) is 0 Å². The van der Waals surface area contributed by atoms with E-state index < -0.39 is 0 Å². The molecule has 0 aliphatic heterocycles. The smallest absolute Gasteiger partial charge is 0.213 e. The first-order valence-corrected chi connectivity index (χ1v) is 4.96. The predicted octanol–water partition coefficient (Wildman–Crippen LogP) is 2.78. The molecule has 0 radical (unpaired) electrons. The molecule has 0 saturated carbocycles. The number of nitrogens with zero attached hydrogens (tertiary/aromatic N) is 1. The highest BCUT2D eigenvalue weighted by Crippen LogP contribution is 2.15. The van der Waals surface area contributed by atoms with Crippen molar-refractivity contribution >= 4 is 22.6 Å². The number of hydrogen-bond donors (Lipinski definition) is 0. The summed E-state index contributed by atoms with van der Waals surface area (Å²) in [6, 6.07) is 1.96. The summed E-state index contributed by atoms with van der Waals surface area (Å²) in [5.74, 6) is 0.711. The highest BCUT2D eigenvalue weighted by Gasteiger charge is 2.00. The maximum atomic E-state index is 5.44. The number of aryl methyl sites for hydroxylation is 1. The van der Waals surface area contributed by atoms with Crippen molar-refractivity contribution in [2.24, 2.45) is 0 Å². The lowest BCUT2D eigenvalue weighted by Crippen LogP contribution is -2.07. The van der Waals surface area contributed by atoms with Crippen molar-refractivity contribution in [1.82, 2.24) is 4.98 Å². The van der Waals surface area contributed by atoms with Crippen LogP contribution >= 0.6 is 22.6 Å². The van der Waals surface area contributed by atoms with Crippen LogP contribution in [0.3, 0.4) is 0 Å². The van der Waals surface area contributed by atoms with Crippen LogP contribution in [0.5, 0.6) is 5.88 Å². The molecule has 1 aromatic heterocycles. The molecule has 0 unspecified atom stereocenters. The molecular formula is C9H12INO. The summed E-state index contributed by atoms with van der Waals surface area (Å²) in [5.41, 5.74) is 1.21. The number of rotatable bonds is 2. The molecule has 0 bridgehead atoms. The number of pyridine rings is 1. The molecule has 0 aliphatic rings. The van der Waals surface area contributed by atoms with Gasteiger partial charge in [-0.05, 0) is 48.9 Å². The van der Waals surface area contributed by atoms with E-state index in [-0.39, 0.29) is 6.10 Å². The molecular weight excluding hydrogens is 265 g/mol. The van der Waals surface area contributed by atoms with E-state index in [4.69, 9.17) is 4.74 Å². The van der Waals surface area contributed by atoms with Gasteiger partial charge < -0.3 is 4.74 Å². The van der Waals surface area contributed by atoms with Crippen molar-refractivity contribution < 1.29 is 4.74 Å². The maximum Gasteiger partial charge on any atom is 0.213 e. The van der Waals surface area contributed by atoms with Gasteiger partial charge in [-0.3, -0.25) is 0 Å². The van der Waals surface area contributed by atoms with Gasteiger partial charge in [0.1, 0.15) is 0 Å². The molecule has 1 aromatic rings. The van der Waals surface area contributed by atoms with Crippen LogP contribution in [-0.4, -0.2) is 11.1 Å². The van der Waals surface area contributed by atoms with Crippen LogP contribution in [0.15, 0.2) is 12.3 Å². The minimum absolute atomic E-state index is 0.192. The zero-order chi connectivity index (χ0) is 9.14. The quantitative estimate of drug-likeness (QED) is 0.775. The monoisotopic (exact) mass is 277 g/mol. The molecule has 3 heteroatoms. The molecule has 12 heavy (non-hydrogen) atoms. The van der Waals surface area contributed by atoms with Gasteiger partial charge in [-0.15, -0.1) is 0 Å². The Hall–Kier alpha value is -0.320. The van der Waals surface area contributed by atoms with Crippen LogP contribution in [0, 0.1) is 10.5 Å². The van der Waals surface area contributed by atoms with Gasteiger partial charge in [0.2, 0.25) is 5.88 Å². The summed E-state index contributed by atoms with van der Waals surface area (Å²) < 4.78 is 6.61. The number of ether oxygens (including phenoxy) is 1. The molecule has 66 valence electrons. The lowest BCUT2D eigenvalue weighted by atomic mass is 10.3. The van der Waals surface area contributed by atoms with E-state index in [1.165, 1.54) is 9.13 Å². The summed E-state index contributed by atoms with van der Waals surface area (Å²) in [6.07, 6.45) is 2.02. The second-order valence-corrected chi connectivity index (χ2v) is 4.10. The summed E-state index contributed by atoms with van der Waals surface area (Å²) in [5, 5.41) is 0. The van der Waals surface area contributed by atoms with E-state index in [0.29, 0.717) is 5.88 Å². The average Bonchev–Trinajstić information content (AvgIpc) is 1.96. The standard InChI is InChI=1S/C9H12INO/c1-6(2)12-9-4-7(3)8(10)5-11-9/h4-6H,1-3H3. The van der Waals surface area contributed by atoms with Gasteiger partial charge in [0.15, 0.2) is 0 Å². The van der Waals surface area contributed by atoms with Gasteiger partial charge in [-0.2, -0.15) is 0 Å². The van der Waals surface area contributed by atoms with Gasteiger partial charge in [-0.1, -0.05) is 0 Å². The SMILES string of the molecule is Cc1cc(OC(C)C)ncc1I. The Balaban J connectivity index is 2.82. The lowest BCUT2D eigenvalue weighted by Gasteiger charge is -2.08. The molecule has 1 rings (SSSR count). The Morgan fingerprint density at radius 2 is 2.17 bits per heavy atom. The first kappa shape index (κ1) is 9.77. The Morgan fingerprint density at radius 3 is 2.67 bits per heavy atom. The third kappa shape index (κ3) is 2.62. The average molecular weight is 277 g/mol. The molecule has 0 aromatic carbocycles. The zero-order valence-corrected chi connectivity index (χ0v) is 9.62. The van der Waals surface area contributed by atoms with E-state index >= 15 is 0 Å². The number of aromatic nitrogens is 1. The first-order chi connectivity index (χ1) is 5.59. The largest absolute Gasteiger partial charge is 0.475 e. The van der Waals surface area contributed by atoms with Gasteiger partial charge >= 0.3 is 0 Å². The van der Waals surface area contributed by atoms with E-state index in [9.17, 15) is 0 Å². The second kappa shape index (κ2) is 4.07. The first-order valence-electron chi connectivity index (χ1n) is 3.88. The molecule has 0 fully saturated rings. The summed E-state index contributed by atoms with van der Waals surface area (Å²) in [4.78, 5) is 4.15. The Morgan fingerprint density at radius 1 is 1.50 bits per heavy atom. The minimum atomic E-state index is 0.192. The molecule has 0 N–H and O–H groups in total. The fourth-order valence-corrected chi connectivity index (χ4v) is 1.11. The molecule has 0 saturated heterocycles. The van der Waals surface area contributed by atoms with Gasteiger partial charge in [-0.25, -0.2) is 4.98 Å². The summed E-state index contributed by atoms with van der Waals surface area (Å²) in [6.45, 7) is 6.04. The van der Waals surface area contributed by atoms with Crippen molar-refractivity contribution in [2.75, 3.05) is 0 Å². The van der Waals surface area contributed by atoms with Crippen LogP contribution in [0.1, 0.15) is 19.4 Å². The second-order valence-electron chi connectivity index (χ2n) is 2.94. The number of hydrogen-bond acceptors (Lipinski definition) is 2. The van der Waals surface area contributed by atoms with Crippen molar-refractivity contribution in [3.8, 4) is 5.88 Å². The topological polar surface area (TPSA) is 22.1 Å². The fourth-order valence-electron chi connectivity index (χ4n) is 0.819. The van der Waals surface area contributed by atoms with Gasteiger partial charge in [0.25, 0.3) is 0 Å². The van der Waals surface area contributed by atoms with Gasteiger partial charge in [0, 0.05) is 15.8 Å². The fraction of sp³-hybridized carbons (Fsp3) is 0.444. The number of halogens is 1. The highest BCUT2D eigenvalue weighted by molar-refractivity contribution is 14.1. The van der Waals surface area contributed by atoms with Crippen LogP contribution in [0.2, 0.25) is 0 Å². The molecule has 0 spiro atoms. The van der Waals surface area contributed by atoms with E-state index in [1.54, 1.807) is 0 Å². The Bertz CT molecular complexity index is 273. The Labute approximate surface area is 86.5 Å². The molecule has 0 aliphatic carbocycles. The molecule has 1 heterocycles. The Kier molecular flexibility index (Phi) is 3.31. The molecule has 0 atom stereocenters. The van der Waals surface area contributed by atoms with Crippen molar-refractivity contribution in [3.05, 3.63) is 21.4 Å². The zero-order valence-electron chi connectivity index (χ0n) is 7.47. The minimum Gasteiger partial charge on any atom is -0.475 e. The summed E-state index contributed by atoms with van der Waals surface area (Å²) >= 11 is 2.26. The highest BCUT2D eigenvalue weighted by atomic mass is 127. The van der Waals surface area contributed by atoms with Crippen LogP contribution in [0.4, 0.5) is 0 Å². The van der Waals surface area contributed by atoms with E-state index in [2.05, 4.69) is 34.5 Å². The van der Waals surface area contributed by atoms with Crippen molar-refractivity contribution in [3.63, 3.8) is 0 Å². The molecule has 2 nitrogen and oxygen atoms in total. The lowest BCUT2D eigenvalue weighted by molar-refractivity contribution is 0.232. The van der Waals surface area contributed by atoms with Crippen molar-refractivity contribution in [2.45, 2.75) is 26.9 Å². The third-order valence-electron chi connectivity index (χ3n) is 1.38. The van der Waals surface area contributed by atoms with E-state index in [0.717, 1.165) is 0 Å². The van der Waals surface area contributed by atoms with Crippen LogP contribution in [-0.2, 0) is 0 Å². The van der Waals surface area contributed by atoms with Crippen LogP contribution < -0.4 is 4.74 Å². The van der Waals surface area contributed by atoms with E-state index in [1.807, 2.05) is 26.1 Å². The summed E-state index contributed by atoms with van der Waals surface area (Å²) in [7, 11) is 0. The van der Waals surface area contributed by atoms with Crippen LogP contribution in [0.25, 0.3) is 0 Å².